The normalized spacial score (nSPS) is 18.9. The van der Waals surface area contributed by atoms with Gasteiger partial charge in [0.1, 0.15) is 11.9 Å². The molecule has 0 radical (unpaired) electrons. The van der Waals surface area contributed by atoms with Crippen LogP contribution in [0, 0.1) is 31.1 Å². The van der Waals surface area contributed by atoms with Crippen LogP contribution in [0.4, 0.5) is 5.82 Å². The lowest BCUT2D eigenvalue weighted by Crippen LogP contribution is -2.48. The fourth-order valence-electron chi connectivity index (χ4n) is 4.42. The van der Waals surface area contributed by atoms with Crippen LogP contribution in [0.5, 0.6) is 0 Å². The van der Waals surface area contributed by atoms with Crippen molar-refractivity contribution in [3.05, 3.63) is 22.9 Å². The second kappa shape index (κ2) is 9.38. The zero-order valence-electron chi connectivity index (χ0n) is 17.6. The van der Waals surface area contributed by atoms with Crippen LogP contribution in [-0.4, -0.2) is 66.5 Å². The summed E-state index contributed by atoms with van der Waals surface area (Å²) in [7, 11) is 0. The van der Waals surface area contributed by atoms with Crippen molar-refractivity contribution in [2.75, 3.05) is 50.7 Å². The topological polar surface area (TPSA) is 63.5 Å². The molecule has 2 saturated heterocycles. The van der Waals surface area contributed by atoms with E-state index in [0.717, 1.165) is 82.2 Å². The first kappa shape index (κ1) is 20.6. The third-order valence-electron chi connectivity index (χ3n) is 6.29. The van der Waals surface area contributed by atoms with Crippen molar-refractivity contribution < 1.29 is 4.79 Å². The van der Waals surface area contributed by atoms with Gasteiger partial charge in [0.05, 0.1) is 5.56 Å². The van der Waals surface area contributed by atoms with Gasteiger partial charge in [-0.1, -0.05) is 6.92 Å². The summed E-state index contributed by atoms with van der Waals surface area (Å²) in [5.74, 6) is 1.75. The van der Waals surface area contributed by atoms with Crippen LogP contribution in [0.25, 0.3) is 0 Å². The van der Waals surface area contributed by atoms with Crippen LogP contribution < -0.4 is 4.90 Å². The van der Waals surface area contributed by atoms with E-state index in [1.165, 1.54) is 0 Å². The largest absolute Gasteiger partial charge is 0.355 e. The number of pyridine rings is 1. The molecule has 2 aliphatic rings. The minimum absolute atomic E-state index is 0.320. The highest BCUT2D eigenvalue weighted by Gasteiger charge is 2.25. The van der Waals surface area contributed by atoms with E-state index < -0.39 is 0 Å². The Bertz CT molecular complexity index is 725. The van der Waals surface area contributed by atoms with Gasteiger partial charge in [0.25, 0.3) is 0 Å². The van der Waals surface area contributed by atoms with Crippen molar-refractivity contribution in [2.24, 2.45) is 5.92 Å². The lowest BCUT2D eigenvalue weighted by molar-refractivity contribution is -0.133. The van der Waals surface area contributed by atoms with Crippen LogP contribution in [0.15, 0.2) is 6.07 Å². The number of piperazine rings is 1. The third-order valence-corrected chi connectivity index (χ3v) is 6.29. The van der Waals surface area contributed by atoms with E-state index in [1.807, 2.05) is 24.8 Å². The Labute approximate surface area is 169 Å². The highest BCUT2D eigenvalue weighted by atomic mass is 16.2. The van der Waals surface area contributed by atoms with Crippen molar-refractivity contribution in [1.29, 1.82) is 5.26 Å². The number of rotatable bonds is 5. The summed E-state index contributed by atoms with van der Waals surface area (Å²) in [6.07, 6.45) is 3.78. The molecule has 1 aromatic rings. The molecule has 0 bridgehead atoms. The predicted molar refractivity (Wildman–Crippen MR) is 111 cm³/mol. The van der Waals surface area contributed by atoms with Crippen LogP contribution in [0.2, 0.25) is 0 Å². The van der Waals surface area contributed by atoms with Crippen LogP contribution in [-0.2, 0) is 4.79 Å². The lowest BCUT2D eigenvalue weighted by Gasteiger charge is -2.35. The van der Waals surface area contributed by atoms with Crippen molar-refractivity contribution in [3.63, 3.8) is 0 Å². The molecule has 0 spiro atoms. The Kier molecular flexibility index (Phi) is 6.90. The Morgan fingerprint density at radius 1 is 1.18 bits per heavy atom. The minimum Gasteiger partial charge on any atom is -0.355 e. The van der Waals surface area contributed by atoms with Gasteiger partial charge in [-0.15, -0.1) is 0 Å². The SMILES string of the molecule is CCN1CCN(C(=O)CCC2CCN(c3nc(C)cc(C)c3C#N)CC2)CC1. The molecule has 0 saturated carbocycles. The zero-order chi connectivity index (χ0) is 20.1. The van der Waals surface area contributed by atoms with Gasteiger partial charge in [-0.25, -0.2) is 4.98 Å². The smallest absolute Gasteiger partial charge is 0.222 e. The van der Waals surface area contributed by atoms with E-state index in [0.29, 0.717) is 23.8 Å². The molecule has 2 fully saturated rings. The molecule has 6 heteroatoms. The van der Waals surface area contributed by atoms with Gasteiger partial charge in [0, 0.05) is 51.4 Å². The van der Waals surface area contributed by atoms with Gasteiger partial charge in [0.15, 0.2) is 0 Å². The summed E-state index contributed by atoms with van der Waals surface area (Å²) in [6.45, 7) is 12.8. The fourth-order valence-corrected chi connectivity index (χ4v) is 4.42. The number of aromatic nitrogens is 1. The number of anilines is 1. The second-order valence-electron chi connectivity index (χ2n) is 8.18. The summed E-state index contributed by atoms with van der Waals surface area (Å²) in [4.78, 5) is 23.9. The van der Waals surface area contributed by atoms with Crippen molar-refractivity contribution in [3.8, 4) is 6.07 Å². The van der Waals surface area contributed by atoms with E-state index in [9.17, 15) is 10.1 Å². The van der Waals surface area contributed by atoms with Crippen LogP contribution >= 0.6 is 0 Å². The molecule has 1 amide bonds. The quantitative estimate of drug-likeness (QED) is 0.782. The van der Waals surface area contributed by atoms with Gasteiger partial charge >= 0.3 is 0 Å². The summed E-state index contributed by atoms with van der Waals surface area (Å²) in [5.41, 5.74) is 2.66. The molecule has 1 aromatic heterocycles. The molecule has 0 aromatic carbocycles. The van der Waals surface area contributed by atoms with Crippen LogP contribution in [0.1, 0.15) is 49.4 Å². The summed E-state index contributed by atoms with van der Waals surface area (Å²) >= 11 is 0. The number of carbonyl (C=O) groups excluding carboxylic acids is 1. The average Bonchev–Trinajstić information content (AvgIpc) is 2.72. The molecule has 0 unspecified atom stereocenters. The number of nitriles is 1. The van der Waals surface area contributed by atoms with E-state index in [-0.39, 0.29) is 0 Å². The molecule has 28 heavy (non-hydrogen) atoms. The second-order valence-corrected chi connectivity index (χ2v) is 8.18. The highest BCUT2D eigenvalue weighted by Crippen LogP contribution is 2.28. The average molecular weight is 384 g/mol. The molecule has 0 atom stereocenters. The number of aryl methyl sites for hydroxylation is 2. The molecular weight excluding hydrogens is 350 g/mol. The molecule has 2 aliphatic heterocycles. The maximum absolute atomic E-state index is 12.5. The zero-order valence-corrected chi connectivity index (χ0v) is 17.6. The molecule has 152 valence electrons. The Hall–Kier alpha value is -2.13. The number of piperidine rings is 1. The van der Waals surface area contributed by atoms with Gasteiger partial charge in [-0.05, 0) is 57.2 Å². The van der Waals surface area contributed by atoms with E-state index in [4.69, 9.17) is 0 Å². The van der Waals surface area contributed by atoms with E-state index in [2.05, 4.69) is 27.8 Å². The molecule has 0 N–H and O–H groups in total. The molecule has 6 nitrogen and oxygen atoms in total. The fraction of sp³-hybridized carbons (Fsp3) is 0.682. The maximum atomic E-state index is 12.5. The maximum Gasteiger partial charge on any atom is 0.222 e. The predicted octanol–water partition coefficient (Wildman–Crippen LogP) is 2.73. The Morgan fingerprint density at radius 2 is 1.86 bits per heavy atom. The number of nitrogens with zero attached hydrogens (tertiary/aromatic N) is 5. The molecule has 3 heterocycles. The first-order valence-corrected chi connectivity index (χ1v) is 10.6. The number of likely N-dealkylation sites (N-methyl/N-ethyl adjacent to an activating group) is 1. The highest BCUT2D eigenvalue weighted by molar-refractivity contribution is 5.76. The number of amides is 1. The first-order chi connectivity index (χ1) is 13.5. The molecular formula is C22H33N5O. The summed E-state index contributed by atoms with van der Waals surface area (Å²) < 4.78 is 0. The van der Waals surface area contributed by atoms with E-state index >= 15 is 0 Å². The Morgan fingerprint density at radius 3 is 2.46 bits per heavy atom. The number of carbonyl (C=O) groups is 1. The van der Waals surface area contributed by atoms with Gasteiger partial charge < -0.3 is 14.7 Å². The summed E-state index contributed by atoms with van der Waals surface area (Å²) in [5, 5.41) is 9.51. The summed E-state index contributed by atoms with van der Waals surface area (Å²) in [6, 6.07) is 4.30. The lowest BCUT2D eigenvalue weighted by atomic mass is 9.91. The van der Waals surface area contributed by atoms with Crippen molar-refractivity contribution in [2.45, 2.75) is 46.5 Å². The van der Waals surface area contributed by atoms with Gasteiger partial charge in [-0.3, -0.25) is 4.79 Å². The number of hydrogen-bond acceptors (Lipinski definition) is 5. The van der Waals surface area contributed by atoms with Gasteiger partial charge in [-0.2, -0.15) is 5.26 Å². The van der Waals surface area contributed by atoms with Gasteiger partial charge in [0.2, 0.25) is 5.91 Å². The van der Waals surface area contributed by atoms with Crippen LogP contribution in [0.3, 0.4) is 0 Å². The minimum atomic E-state index is 0.320. The first-order valence-electron chi connectivity index (χ1n) is 10.6. The Balaban J connectivity index is 1.47. The monoisotopic (exact) mass is 383 g/mol. The van der Waals surface area contributed by atoms with Crippen molar-refractivity contribution >= 4 is 11.7 Å². The number of hydrogen-bond donors (Lipinski definition) is 0. The molecule has 0 aliphatic carbocycles. The van der Waals surface area contributed by atoms with E-state index in [1.54, 1.807) is 0 Å². The third kappa shape index (κ3) is 4.82. The molecule has 3 rings (SSSR count). The standard InChI is InChI=1S/C22H33N5O/c1-4-25-11-13-26(14-12-25)21(28)6-5-19-7-9-27(10-8-19)22-20(16-23)17(2)15-18(3)24-22/h15,19H,4-14H2,1-3H3. The van der Waals surface area contributed by atoms with Crippen molar-refractivity contribution in [1.82, 2.24) is 14.8 Å².